The summed E-state index contributed by atoms with van der Waals surface area (Å²) in [7, 11) is 1.65. The van der Waals surface area contributed by atoms with Crippen LogP contribution in [0.5, 0.6) is 23.0 Å². The van der Waals surface area contributed by atoms with Gasteiger partial charge in [0.2, 0.25) is 0 Å². The van der Waals surface area contributed by atoms with Crippen LogP contribution in [-0.2, 0) is 13.2 Å². The zero-order valence-electron chi connectivity index (χ0n) is 22.1. The minimum absolute atomic E-state index is 0.0407. The summed E-state index contributed by atoms with van der Waals surface area (Å²) >= 11 is 0. The van der Waals surface area contributed by atoms with Gasteiger partial charge in [0, 0.05) is 11.6 Å². The molecule has 0 N–H and O–H groups in total. The van der Waals surface area contributed by atoms with Crippen LogP contribution in [0.15, 0.2) is 72.9 Å². The van der Waals surface area contributed by atoms with Gasteiger partial charge in [-0.15, -0.1) is 5.10 Å². The molecule has 0 saturated carbocycles. The summed E-state index contributed by atoms with van der Waals surface area (Å²) in [5.74, 6) is 2.77. The normalized spacial score (nSPS) is 17.0. The van der Waals surface area contributed by atoms with Gasteiger partial charge in [0.15, 0.2) is 5.78 Å². The van der Waals surface area contributed by atoms with Crippen LogP contribution in [0.1, 0.15) is 59.1 Å². The number of carbonyl (C=O) groups excluding carboxylic acids is 1. The van der Waals surface area contributed by atoms with Gasteiger partial charge in [-0.25, -0.2) is 4.68 Å². The van der Waals surface area contributed by atoms with Crippen molar-refractivity contribution in [3.8, 4) is 23.0 Å². The average Bonchev–Trinajstić information content (AvgIpc) is 3.38. The molecule has 1 aromatic heterocycles. The molecule has 6 rings (SSSR count). The quantitative estimate of drug-likeness (QED) is 0.302. The van der Waals surface area contributed by atoms with E-state index in [1.54, 1.807) is 30.0 Å². The van der Waals surface area contributed by atoms with E-state index in [0.717, 1.165) is 28.2 Å². The van der Waals surface area contributed by atoms with Crippen LogP contribution in [0.4, 0.5) is 0 Å². The Morgan fingerprint density at radius 1 is 1.05 bits per heavy atom. The van der Waals surface area contributed by atoms with Crippen molar-refractivity contribution >= 4 is 11.9 Å². The molecule has 3 heterocycles. The Balaban J connectivity index is 1.13. The van der Waals surface area contributed by atoms with Gasteiger partial charge < -0.3 is 18.9 Å². The number of rotatable bonds is 7. The fourth-order valence-electron chi connectivity index (χ4n) is 4.77. The van der Waals surface area contributed by atoms with Crippen molar-refractivity contribution in [2.45, 2.75) is 45.1 Å². The number of fused-ring (bicyclic) bond motifs is 2. The van der Waals surface area contributed by atoms with E-state index in [1.165, 1.54) is 0 Å². The van der Waals surface area contributed by atoms with E-state index in [-0.39, 0.29) is 30.5 Å². The first-order valence-electron chi connectivity index (χ1n) is 12.9. The Hall–Kier alpha value is -4.59. The van der Waals surface area contributed by atoms with Gasteiger partial charge in [0.05, 0.1) is 31.8 Å². The van der Waals surface area contributed by atoms with Gasteiger partial charge in [-0.2, -0.15) is 0 Å². The Kier molecular flexibility index (Phi) is 6.30. The van der Waals surface area contributed by atoms with Crippen LogP contribution in [0.3, 0.4) is 0 Å². The highest BCUT2D eigenvalue weighted by Gasteiger charge is 2.29. The molecule has 8 heteroatoms. The van der Waals surface area contributed by atoms with Crippen molar-refractivity contribution in [2.24, 2.45) is 0 Å². The maximum Gasteiger partial charge on any atom is 0.170 e. The maximum atomic E-state index is 12.9. The van der Waals surface area contributed by atoms with E-state index in [9.17, 15) is 4.79 Å². The number of hydrogen-bond donors (Lipinski definition) is 0. The van der Waals surface area contributed by atoms with Crippen molar-refractivity contribution in [1.29, 1.82) is 0 Å². The lowest BCUT2D eigenvalue weighted by atomic mass is 9.94. The van der Waals surface area contributed by atoms with Crippen molar-refractivity contribution in [3.63, 3.8) is 0 Å². The number of ether oxygens (including phenoxy) is 4. The lowest BCUT2D eigenvalue weighted by Gasteiger charge is -2.30. The molecular weight excluding hydrogens is 494 g/mol. The molecule has 198 valence electrons. The molecule has 0 saturated heterocycles. The monoisotopic (exact) mass is 523 g/mol. The Morgan fingerprint density at radius 2 is 1.95 bits per heavy atom. The van der Waals surface area contributed by atoms with Crippen LogP contribution < -0.4 is 18.9 Å². The number of ketones is 1. The van der Waals surface area contributed by atoms with E-state index in [2.05, 4.69) is 16.4 Å². The Bertz CT molecular complexity index is 1570. The second-order valence-corrected chi connectivity index (χ2v) is 10.3. The molecule has 0 bridgehead atoms. The molecule has 0 aliphatic carbocycles. The fourth-order valence-corrected chi connectivity index (χ4v) is 4.77. The van der Waals surface area contributed by atoms with Crippen molar-refractivity contribution in [1.82, 2.24) is 15.0 Å². The van der Waals surface area contributed by atoms with Crippen LogP contribution in [-0.4, -0.2) is 33.5 Å². The standard InChI is InChI=1S/C31H29N3O5/c1-31(2)12-11-22-14-21(7-10-28(22)39-31)29-16-27(35)26-9-8-25(15-30(26)38-29)37-19-23-18-34(33-32-23)17-20-5-4-6-24(13-20)36-3/h4-15,18,29H,16-17,19H2,1-3H3. The summed E-state index contributed by atoms with van der Waals surface area (Å²) in [6.07, 6.45) is 5.83. The first-order chi connectivity index (χ1) is 18.8. The van der Waals surface area contributed by atoms with E-state index >= 15 is 0 Å². The molecule has 39 heavy (non-hydrogen) atoms. The number of methoxy groups -OCH3 is 1. The second kappa shape index (κ2) is 9.94. The van der Waals surface area contributed by atoms with Crippen LogP contribution >= 0.6 is 0 Å². The highest BCUT2D eigenvalue weighted by molar-refractivity contribution is 6.00. The smallest absolute Gasteiger partial charge is 0.170 e. The predicted octanol–water partition coefficient (Wildman–Crippen LogP) is 5.80. The SMILES string of the molecule is COc1cccc(Cn2cc(COc3ccc4c(c3)OC(c3ccc5c(c3)C=CC(C)(C)O5)CC4=O)nn2)c1. The van der Waals surface area contributed by atoms with E-state index in [1.807, 2.05) is 68.6 Å². The highest BCUT2D eigenvalue weighted by atomic mass is 16.5. The van der Waals surface area contributed by atoms with Gasteiger partial charge in [-0.05, 0) is 67.4 Å². The molecular formula is C31H29N3O5. The summed E-state index contributed by atoms with van der Waals surface area (Å²) in [5.41, 5.74) is 3.88. The number of Topliss-reactive ketones (excluding diaryl/α,β-unsaturated/α-hetero) is 1. The number of carbonyl (C=O) groups is 1. The Morgan fingerprint density at radius 3 is 2.82 bits per heavy atom. The summed E-state index contributed by atoms with van der Waals surface area (Å²) in [6.45, 7) is 4.85. The van der Waals surface area contributed by atoms with Gasteiger partial charge in [0.25, 0.3) is 0 Å². The number of hydrogen-bond acceptors (Lipinski definition) is 7. The van der Waals surface area contributed by atoms with E-state index < -0.39 is 0 Å². The zero-order valence-corrected chi connectivity index (χ0v) is 22.1. The van der Waals surface area contributed by atoms with Crippen LogP contribution in [0.2, 0.25) is 0 Å². The molecule has 0 spiro atoms. The van der Waals surface area contributed by atoms with Gasteiger partial charge in [-0.1, -0.05) is 29.5 Å². The second-order valence-electron chi connectivity index (χ2n) is 10.3. The van der Waals surface area contributed by atoms with Crippen molar-refractivity contribution in [3.05, 3.63) is 101 Å². The number of aromatic nitrogens is 3. The summed E-state index contributed by atoms with van der Waals surface area (Å²) in [4.78, 5) is 12.9. The molecule has 0 radical (unpaired) electrons. The third-order valence-corrected chi connectivity index (χ3v) is 6.79. The lowest BCUT2D eigenvalue weighted by Crippen LogP contribution is -2.27. The molecule has 8 nitrogen and oxygen atoms in total. The van der Waals surface area contributed by atoms with Crippen molar-refractivity contribution < 1.29 is 23.7 Å². The topological polar surface area (TPSA) is 84.7 Å². The Labute approximate surface area is 226 Å². The summed E-state index contributed by atoms with van der Waals surface area (Å²) in [5, 5.41) is 8.43. The lowest BCUT2D eigenvalue weighted by molar-refractivity contribution is 0.0849. The summed E-state index contributed by atoms with van der Waals surface area (Å²) < 4.78 is 25.3. The first-order valence-corrected chi connectivity index (χ1v) is 12.9. The molecule has 2 aliphatic heterocycles. The predicted molar refractivity (Wildman–Crippen MR) is 145 cm³/mol. The molecule has 1 atom stereocenters. The third-order valence-electron chi connectivity index (χ3n) is 6.79. The van der Waals surface area contributed by atoms with E-state index in [0.29, 0.717) is 29.3 Å². The maximum absolute atomic E-state index is 12.9. The van der Waals surface area contributed by atoms with Gasteiger partial charge in [-0.3, -0.25) is 4.79 Å². The largest absolute Gasteiger partial charge is 0.497 e. The number of benzene rings is 3. The minimum Gasteiger partial charge on any atom is -0.497 e. The molecule has 0 fully saturated rings. The minimum atomic E-state index is -0.384. The summed E-state index contributed by atoms with van der Waals surface area (Å²) in [6, 6.07) is 19.1. The third kappa shape index (κ3) is 5.36. The molecule has 3 aromatic carbocycles. The molecule has 4 aromatic rings. The highest BCUT2D eigenvalue weighted by Crippen LogP contribution is 2.39. The first kappa shape index (κ1) is 24.7. The van der Waals surface area contributed by atoms with Crippen LogP contribution in [0.25, 0.3) is 6.08 Å². The average molecular weight is 524 g/mol. The zero-order chi connectivity index (χ0) is 27.0. The van der Waals surface area contributed by atoms with Gasteiger partial charge >= 0.3 is 0 Å². The molecule has 2 aliphatic rings. The number of nitrogens with zero attached hydrogens (tertiary/aromatic N) is 3. The molecule has 0 amide bonds. The fraction of sp³-hybridized carbons (Fsp3) is 0.258. The van der Waals surface area contributed by atoms with E-state index in [4.69, 9.17) is 18.9 Å². The van der Waals surface area contributed by atoms with Crippen molar-refractivity contribution in [2.75, 3.05) is 7.11 Å². The molecule has 1 unspecified atom stereocenters. The van der Waals surface area contributed by atoms with Crippen LogP contribution in [0, 0.1) is 0 Å². The van der Waals surface area contributed by atoms with Gasteiger partial charge in [0.1, 0.15) is 47.0 Å².